The minimum atomic E-state index is -2.91. The second-order valence-corrected chi connectivity index (χ2v) is 5.07. The number of imidazole rings is 1. The summed E-state index contributed by atoms with van der Waals surface area (Å²) in [5.41, 5.74) is -0.629. The lowest BCUT2D eigenvalue weighted by molar-refractivity contribution is -0.128. The van der Waals surface area contributed by atoms with Gasteiger partial charge >= 0.3 is 0 Å². The molecular formula is C19H21N3O. The van der Waals surface area contributed by atoms with Gasteiger partial charge in [0.05, 0.1) is 23.3 Å². The van der Waals surface area contributed by atoms with Crippen LogP contribution < -0.4 is 0 Å². The smallest absolute Gasteiger partial charge is 0.228 e. The lowest BCUT2D eigenvalue weighted by Gasteiger charge is -2.11. The number of amides is 1. The minimum absolute atomic E-state index is 0.165. The average molecular weight is 318 g/mol. The number of carbonyl (C=O) groups excluding carboxylic acids is 1. The summed E-state index contributed by atoms with van der Waals surface area (Å²) in [5, 5.41) is 0. The maximum absolute atomic E-state index is 12.9. The van der Waals surface area contributed by atoms with E-state index in [2.05, 4.69) is 4.98 Å². The van der Waals surface area contributed by atoms with Crippen LogP contribution in [0.25, 0.3) is 16.9 Å². The maximum Gasteiger partial charge on any atom is 0.228 e. The van der Waals surface area contributed by atoms with Crippen LogP contribution in [0.3, 0.4) is 0 Å². The van der Waals surface area contributed by atoms with Crippen LogP contribution >= 0.6 is 0 Å². The van der Waals surface area contributed by atoms with Gasteiger partial charge in [0, 0.05) is 35.4 Å². The van der Waals surface area contributed by atoms with Crippen LogP contribution in [0.1, 0.15) is 31.9 Å². The van der Waals surface area contributed by atoms with Crippen molar-refractivity contribution in [2.75, 3.05) is 14.0 Å². The van der Waals surface area contributed by atoms with Crippen molar-refractivity contribution < 1.29 is 19.9 Å². The summed E-state index contributed by atoms with van der Waals surface area (Å²) in [6, 6.07) is 0.276. The molecule has 3 rings (SSSR count). The highest BCUT2D eigenvalue weighted by Crippen LogP contribution is 2.26. The quantitative estimate of drug-likeness (QED) is 0.743. The molecule has 1 unspecified atom stereocenters. The SMILES string of the molecule is [2H]c1c([2H])c(C([2H])([2H])[2H])c([2H])c([2H])c1-c1nc2ccc(C)cn2c1C([2H])C(=O)N(C)C([2H])([2H])[2H]. The number of hydrogen-bond acceptors (Lipinski definition) is 2. The third kappa shape index (κ3) is 2.97. The van der Waals surface area contributed by atoms with Gasteiger partial charge in [0.25, 0.3) is 0 Å². The van der Waals surface area contributed by atoms with Crippen LogP contribution in [-0.4, -0.2) is 34.2 Å². The van der Waals surface area contributed by atoms with Crippen LogP contribution in [0, 0.1) is 13.8 Å². The molecule has 0 aliphatic carbocycles. The summed E-state index contributed by atoms with van der Waals surface area (Å²) < 4.78 is 88.3. The fourth-order valence-corrected chi connectivity index (χ4v) is 2.14. The standard InChI is InChI=1S/C19H21N3O/c1-13-5-8-15(9-6-13)19-16(11-18(23)21(3)4)22-12-14(2)7-10-17(22)20-19/h5-10,12H,11H2,1-4H3/i1D3,3D3,5D,6D,8D,9D,11D. The molecule has 23 heavy (non-hydrogen) atoms. The van der Waals surface area contributed by atoms with E-state index in [0.29, 0.717) is 10.5 Å². The van der Waals surface area contributed by atoms with E-state index in [-0.39, 0.29) is 22.6 Å². The number of pyridine rings is 1. The van der Waals surface area contributed by atoms with E-state index < -0.39 is 55.9 Å². The van der Waals surface area contributed by atoms with Gasteiger partial charge in [-0.3, -0.25) is 4.79 Å². The molecule has 0 N–H and O–H groups in total. The van der Waals surface area contributed by atoms with E-state index in [4.69, 9.17) is 15.1 Å². The molecule has 0 aliphatic rings. The molecule has 3 aromatic rings. The fraction of sp³-hybridized carbons (Fsp3) is 0.263. The highest BCUT2D eigenvalue weighted by Gasteiger charge is 2.18. The first kappa shape index (κ1) is 6.87. The predicted octanol–water partition coefficient (Wildman–Crippen LogP) is 3.25. The number of carbonyl (C=O) groups is 1. The van der Waals surface area contributed by atoms with Crippen molar-refractivity contribution in [3.8, 4) is 11.3 Å². The van der Waals surface area contributed by atoms with Gasteiger partial charge in [-0.2, -0.15) is 0 Å². The van der Waals surface area contributed by atoms with E-state index in [9.17, 15) is 4.79 Å². The molecule has 2 aromatic heterocycles. The van der Waals surface area contributed by atoms with Crippen LogP contribution in [0.4, 0.5) is 0 Å². The Labute approximate surface area is 151 Å². The third-order valence-corrected chi connectivity index (χ3v) is 3.26. The second-order valence-electron chi connectivity index (χ2n) is 5.07. The minimum Gasteiger partial charge on any atom is -0.348 e. The fourth-order valence-electron chi connectivity index (χ4n) is 2.14. The topological polar surface area (TPSA) is 37.6 Å². The molecule has 2 heterocycles. The molecule has 0 radical (unpaired) electrons. The average Bonchev–Trinajstić information content (AvgIpc) is 3.07. The Morgan fingerprint density at radius 1 is 1.35 bits per heavy atom. The van der Waals surface area contributed by atoms with Crippen LogP contribution in [0.5, 0.6) is 0 Å². The van der Waals surface area contributed by atoms with Crippen LogP contribution in [0.2, 0.25) is 0 Å². The monoisotopic (exact) mass is 318 g/mol. The normalized spacial score (nSPS) is 20.3. The molecule has 0 aliphatic heterocycles. The maximum atomic E-state index is 12.9. The van der Waals surface area contributed by atoms with E-state index in [0.717, 1.165) is 7.05 Å². The Balaban J connectivity index is 2.40. The number of aryl methyl sites for hydroxylation is 1. The summed E-state index contributed by atoms with van der Waals surface area (Å²) >= 11 is 0. The van der Waals surface area contributed by atoms with E-state index >= 15 is 0 Å². The summed E-state index contributed by atoms with van der Waals surface area (Å²) in [6.45, 7) is -4.00. The van der Waals surface area contributed by atoms with Crippen molar-refractivity contribution in [2.45, 2.75) is 20.2 Å². The number of nitrogens with zero attached hydrogens (tertiary/aromatic N) is 3. The number of aromatic nitrogens is 2. The lowest BCUT2D eigenvalue weighted by Crippen LogP contribution is -2.24. The van der Waals surface area contributed by atoms with Crippen molar-refractivity contribution in [2.24, 2.45) is 0 Å². The largest absolute Gasteiger partial charge is 0.348 e. The van der Waals surface area contributed by atoms with Gasteiger partial charge in [-0.05, 0) is 25.4 Å². The first-order chi connectivity index (χ1) is 15.5. The van der Waals surface area contributed by atoms with Crippen molar-refractivity contribution in [1.29, 1.82) is 0 Å². The number of hydrogen-bond donors (Lipinski definition) is 0. The van der Waals surface area contributed by atoms with Crippen molar-refractivity contribution in [3.63, 3.8) is 0 Å². The van der Waals surface area contributed by atoms with E-state index in [1.807, 2.05) is 0 Å². The molecule has 0 bridgehead atoms. The number of rotatable bonds is 3. The molecule has 4 heteroatoms. The zero-order valence-corrected chi connectivity index (χ0v) is 12.6. The molecule has 0 fully saturated rings. The summed E-state index contributed by atoms with van der Waals surface area (Å²) in [5.74, 6) is -1.10. The highest BCUT2D eigenvalue weighted by molar-refractivity contribution is 5.81. The Hall–Kier alpha value is -2.62. The molecule has 0 spiro atoms. The first-order valence-corrected chi connectivity index (χ1v) is 6.78. The summed E-state index contributed by atoms with van der Waals surface area (Å²) in [7, 11) is 1.02. The van der Waals surface area contributed by atoms with E-state index in [1.165, 1.54) is 4.40 Å². The van der Waals surface area contributed by atoms with Gasteiger partial charge in [-0.25, -0.2) is 4.98 Å². The van der Waals surface area contributed by atoms with Crippen molar-refractivity contribution in [1.82, 2.24) is 14.3 Å². The summed E-state index contributed by atoms with van der Waals surface area (Å²) in [4.78, 5) is 17.6. The predicted molar refractivity (Wildman–Crippen MR) is 92.5 cm³/mol. The molecule has 1 atom stereocenters. The van der Waals surface area contributed by atoms with Crippen molar-refractivity contribution >= 4 is 11.6 Å². The van der Waals surface area contributed by atoms with Crippen LogP contribution in [-0.2, 0) is 11.2 Å². The zero-order valence-electron chi connectivity index (χ0n) is 23.6. The van der Waals surface area contributed by atoms with Gasteiger partial charge in [-0.15, -0.1) is 0 Å². The van der Waals surface area contributed by atoms with Gasteiger partial charge in [-0.1, -0.05) is 35.8 Å². The molecule has 1 aromatic carbocycles. The van der Waals surface area contributed by atoms with E-state index in [1.54, 1.807) is 25.3 Å². The molecule has 118 valence electrons. The first-order valence-electron chi connectivity index (χ1n) is 12.4. The van der Waals surface area contributed by atoms with Gasteiger partial charge in [0.2, 0.25) is 5.91 Å². The van der Waals surface area contributed by atoms with Gasteiger partial charge < -0.3 is 9.30 Å². The summed E-state index contributed by atoms with van der Waals surface area (Å²) in [6.07, 6.45) is -0.305. The zero-order chi connectivity index (χ0) is 25.9. The van der Waals surface area contributed by atoms with Crippen LogP contribution in [0.15, 0.2) is 42.5 Å². The molecule has 4 nitrogen and oxygen atoms in total. The number of fused-ring (bicyclic) bond motifs is 1. The number of benzene rings is 1. The molecule has 0 saturated carbocycles. The third-order valence-electron chi connectivity index (χ3n) is 3.26. The molecular weight excluding hydrogens is 286 g/mol. The number of likely N-dealkylation sites (N-methyl/N-ethyl adjacent to an activating group) is 1. The van der Waals surface area contributed by atoms with Crippen molar-refractivity contribution in [3.05, 3.63) is 59.3 Å². The Morgan fingerprint density at radius 3 is 2.83 bits per heavy atom. The highest BCUT2D eigenvalue weighted by atomic mass is 16.2. The molecule has 1 amide bonds. The Kier molecular flexibility index (Phi) is 1.76. The lowest BCUT2D eigenvalue weighted by atomic mass is 10.1. The van der Waals surface area contributed by atoms with Gasteiger partial charge in [0.15, 0.2) is 0 Å². The van der Waals surface area contributed by atoms with Gasteiger partial charge in [0.1, 0.15) is 5.65 Å². The molecule has 0 saturated heterocycles. The Morgan fingerprint density at radius 2 is 2.13 bits per heavy atom. The Bertz CT molecular complexity index is 1260. The second kappa shape index (κ2) is 5.88.